The van der Waals surface area contributed by atoms with Crippen LogP contribution in [0, 0.1) is 0 Å². The molecule has 1 saturated carbocycles. The number of nitrogens with zero attached hydrogens (tertiary/aromatic N) is 1. The van der Waals surface area contributed by atoms with E-state index in [2.05, 4.69) is 10.2 Å². The Morgan fingerprint density at radius 2 is 1.96 bits per heavy atom. The summed E-state index contributed by atoms with van der Waals surface area (Å²) >= 11 is 0. The van der Waals surface area contributed by atoms with Gasteiger partial charge in [0.2, 0.25) is 5.91 Å². The standard InChI is InChI=1S/C19H30N2O3/c1-21(2)13-7-6-10-19(22)20-15-11-12-17(23-3)18(14-15)24-16-8-4-5-9-16/h11-12,14,16H,4-10,13H2,1-3H3,(H,20,22). The van der Waals surface area contributed by atoms with Crippen molar-refractivity contribution in [1.82, 2.24) is 4.90 Å². The number of hydrogen-bond acceptors (Lipinski definition) is 4. The number of unbranched alkanes of at least 4 members (excludes halogenated alkanes) is 1. The van der Waals surface area contributed by atoms with Gasteiger partial charge in [0.1, 0.15) is 0 Å². The van der Waals surface area contributed by atoms with E-state index in [0.29, 0.717) is 12.2 Å². The average Bonchev–Trinajstić information content (AvgIpc) is 3.05. The van der Waals surface area contributed by atoms with Crippen LogP contribution < -0.4 is 14.8 Å². The average molecular weight is 334 g/mol. The van der Waals surface area contributed by atoms with Crippen LogP contribution in [0.15, 0.2) is 18.2 Å². The number of carbonyl (C=O) groups is 1. The molecule has 1 amide bonds. The Hall–Kier alpha value is -1.75. The summed E-state index contributed by atoms with van der Waals surface area (Å²) in [5.74, 6) is 1.48. The molecule has 0 atom stereocenters. The number of amides is 1. The molecule has 0 unspecified atom stereocenters. The van der Waals surface area contributed by atoms with Gasteiger partial charge >= 0.3 is 0 Å². The summed E-state index contributed by atoms with van der Waals surface area (Å²) in [7, 11) is 5.73. The third-order valence-corrected chi connectivity index (χ3v) is 4.30. The van der Waals surface area contributed by atoms with E-state index in [0.717, 1.165) is 43.7 Å². The molecule has 5 nitrogen and oxygen atoms in total. The number of rotatable bonds is 9. The lowest BCUT2D eigenvalue weighted by Crippen LogP contribution is -2.15. The van der Waals surface area contributed by atoms with Crippen LogP contribution in [0.3, 0.4) is 0 Å². The topological polar surface area (TPSA) is 50.8 Å². The SMILES string of the molecule is COc1ccc(NC(=O)CCCCN(C)C)cc1OC1CCCC1. The fourth-order valence-electron chi connectivity index (χ4n) is 2.97. The first-order valence-corrected chi connectivity index (χ1v) is 8.88. The van der Waals surface area contributed by atoms with Crippen LogP contribution in [0.5, 0.6) is 11.5 Å². The molecule has 5 heteroatoms. The summed E-state index contributed by atoms with van der Waals surface area (Å²) in [6, 6.07) is 5.58. The van der Waals surface area contributed by atoms with Gasteiger partial charge in [-0.3, -0.25) is 4.79 Å². The molecule has 1 aromatic carbocycles. The highest BCUT2D eigenvalue weighted by molar-refractivity contribution is 5.91. The molecule has 1 aliphatic carbocycles. The zero-order chi connectivity index (χ0) is 17.4. The van der Waals surface area contributed by atoms with Crippen LogP contribution in [0.2, 0.25) is 0 Å². The van der Waals surface area contributed by atoms with Crippen molar-refractivity contribution >= 4 is 11.6 Å². The molecule has 1 N–H and O–H groups in total. The maximum Gasteiger partial charge on any atom is 0.224 e. The zero-order valence-corrected chi connectivity index (χ0v) is 15.1. The van der Waals surface area contributed by atoms with Gasteiger partial charge in [0, 0.05) is 18.2 Å². The maximum absolute atomic E-state index is 12.1. The van der Waals surface area contributed by atoms with Crippen LogP contribution >= 0.6 is 0 Å². The zero-order valence-electron chi connectivity index (χ0n) is 15.1. The molecule has 1 aromatic rings. The van der Waals surface area contributed by atoms with Gasteiger partial charge in [-0.2, -0.15) is 0 Å². The number of methoxy groups -OCH3 is 1. The van der Waals surface area contributed by atoms with Gasteiger partial charge in [0.05, 0.1) is 13.2 Å². The highest BCUT2D eigenvalue weighted by Gasteiger charge is 2.18. The van der Waals surface area contributed by atoms with Crippen molar-refractivity contribution in [2.24, 2.45) is 0 Å². The van der Waals surface area contributed by atoms with Gasteiger partial charge in [-0.1, -0.05) is 0 Å². The lowest BCUT2D eigenvalue weighted by atomic mass is 10.2. The monoisotopic (exact) mass is 334 g/mol. The van der Waals surface area contributed by atoms with E-state index in [4.69, 9.17) is 9.47 Å². The van der Waals surface area contributed by atoms with Gasteiger partial charge < -0.3 is 19.7 Å². The largest absolute Gasteiger partial charge is 0.493 e. The van der Waals surface area contributed by atoms with Gasteiger partial charge in [0.25, 0.3) is 0 Å². The fourth-order valence-corrected chi connectivity index (χ4v) is 2.97. The molecule has 134 valence electrons. The van der Waals surface area contributed by atoms with E-state index in [9.17, 15) is 4.79 Å². The van der Waals surface area contributed by atoms with Gasteiger partial charge in [-0.15, -0.1) is 0 Å². The minimum Gasteiger partial charge on any atom is -0.493 e. The molecule has 0 saturated heterocycles. The fraction of sp³-hybridized carbons (Fsp3) is 0.632. The van der Waals surface area contributed by atoms with Crippen molar-refractivity contribution in [1.29, 1.82) is 0 Å². The van der Waals surface area contributed by atoms with Crippen molar-refractivity contribution in [3.05, 3.63) is 18.2 Å². The normalized spacial score (nSPS) is 14.8. The summed E-state index contributed by atoms with van der Waals surface area (Å²) < 4.78 is 11.4. The van der Waals surface area contributed by atoms with Crippen LogP contribution in [0.4, 0.5) is 5.69 Å². The van der Waals surface area contributed by atoms with Crippen LogP contribution in [0.1, 0.15) is 44.9 Å². The van der Waals surface area contributed by atoms with Crippen LogP contribution in [-0.2, 0) is 4.79 Å². The molecular formula is C19H30N2O3. The molecular weight excluding hydrogens is 304 g/mol. The summed E-state index contributed by atoms with van der Waals surface area (Å²) in [6.07, 6.45) is 7.34. The second-order valence-corrected chi connectivity index (χ2v) is 6.70. The van der Waals surface area contributed by atoms with E-state index >= 15 is 0 Å². The third-order valence-electron chi connectivity index (χ3n) is 4.30. The lowest BCUT2D eigenvalue weighted by Gasteiger charge is -2.17. The highest BCUT2D eigenvalue weighted by atomic mass is 16.5. The minimum atomic E-state index is 0.0470. The van der Waals surface area contributed by atoms with E-state index < -0.39 is 0 Å². The quantitative estimate of drug-likeness (QED) is 0.700. The highest BCUT2D eigenvalue weighted by Crippen LogP contribution is 2.33. The predicted molar refractivity (Wildman–Crippen MR) is 96.9 cm³/mol. The molecule has 0 heterocycles. The second-order valence-electron chi connectivity index (χ2n) is 6.70. The number of carbonyl (C=O) groups excluding carboxylic acids is 1. The van der Waals surface area contributed by atoms with Crippen molar-refractivity contribution in [3.63, 3.8) is 0 Å². The molecule has 24 heavy (non-hydrogen) atoms. The Kier molecular flexibility index (Phi) is 7.37. The van der Waals surface area contributed by atoms with Crippen molar-refractivity contribution in [3.8, 4) is 11.5 Å². The Morgan fingerprint density at radius 3 is 2.62 bits per heavy atom. The minimum absolute atomic E-state index is 0.0470. The van der Waals surface area contributed by atoms with E-state index in [-0.39, 0.29) is 12.0 Å². The third kappa shape index (κ3) is 6.04. The smallest absolute Gasteiger partial charge is 0.224 e. The predicted octanol–water partition coefficient (Wildman–Crippen LogP) is 3.69. The number of hydrogen-bond donors (Lipinski definition) is 1. The van der Waals surface area contributed by atoms with E-state index in [1.54, 1.807) is 7.11 Å². The molecule has 2 rings (SSSR count). The molecule has 1 fully saturated rings. The van der Waals surface area contributed by atoms with Crippen LogP contribution in [0.25, 0.3) is 0 Å². The van der Waals surface area contributed by atoms with Gasteiger partial charge in [-0.25, -0.2) is 0 Å². The molecule has 0 aromatic heterocycles. The van der Waals surface area contributed by atoms with Crippen molar-refractivity contribution in [2.45, 2.75) is 51.0 Å². The number of anilines is 1. The summed E-state index contributed by atoms with van der Waals surface area (Å²) in [5, 5.41) is 2.96. The van der Waals surface area contributed by atoms with Crippen molar-refractivity contribution < 1.29 is 14.3 Å². The van der Waals surface area contributed by atoms with Crippen LogP contribution in [-0.4, -0.2) is 44.7 Å². The summed E-state index contributed by atoms with van der Waals surface area (Å²) in [5.41, 5.74) is 0.765. The first-order chi connectivity index (χ1) is 11.6. The summed E-state index contributed by atoms with van der Waals surface area (Å²) in [6.45, 7) is 1.01. The molecule has 0 aliphatic heterocycles. The van der Waals surface area contributed by atoms with E-state index in [1.165, 1.54) is 12.8 Å². The molecule has 0 spiro atoms. The Balaban J connectivity index is 1.88. The van der Waals surface area contributed by atoms with E-state index in [1.807, 2.05) is 32.3 Å². The number of nitrogens with one attached hydrogen (secondary N) is 1. The first kappa shape index (κ1) is 18.6. The first-order valence-electron chi connectivity index (χ1n) is 8.88. The number of benzene rings is 1. The Morgan fingerprint density at radius 1 is 1.21 bits per heavy atom. The second kappa shape index (κ2) is 9.52. The number of ether oxygens (including phenoxy) is 2. The van der Waals surface area contributed by atoms with Gasteiger partial charge in [-0.05, 0) is 71.3 Å². The van der Waals surface area contributed by atoms with Gasteiger partial charge in [0.15, 0.2) is 11.5 Å². The molecule has 0 bridgehead atoms. The molecule has 0 radical (unpaired) electrons. The Bertz CT molecular complexity index is 525. The molecule has 1 aliphatic rings. The Labute approximate surface area is 145 Å². The lowest BCUT2D eigenvalue weighted by molar-refractivity contribution is -0.116. The van der Waals surface area contributed by atoms with Crippen molar-refractivity contribution in [2.75, 3.05) is 33.1 Å². The summed E-state index contributed by atoms with van der Waals surface area (Å²) in [4.78, 5) is 14.2. The maximum atomic E-state index is 12.1.